The average Bonchev–Trinajstić information content (AvgIpc) is 2.21. The van der Waals surface area contributed by atoms with Gasteiger partial charge in [-0.15, -0.1) is 0 Å². The fraction of sp³-hybridized carbons (Fsp3) is 0.400. The Hall–Kier alpha value is -0.160. The normalized spacial score (nSPS) is 15.1. The zero-order chi connectivity index (χ0) is 11.6. The Morgan fingerprint density at radius 2 is 2.07 bits per heavy atom. The fourth-order valence-electron chi connectivity index (χ4n) is 1.20. The molecule has 1 aromatic rings. The lowest BCUT2D eigenvalue weighted by Crippen LogP contribution is -2.20. The second kappa shape index (κ2) is 5.25. The molecule has 0 saturated heterocycles. The van der Waals surface area contributed by atoms with E-state index >= 15 is 0 Å². The number of halogens is 3. The van der Waals surface area contributed by atoms with Gasteiger partial charge in [0.1, 0.15) is 11.9 Å². The molecule has 1 rings (SSSR count). The quantitative estimate of drug-likeness (QED) is 0.842. The zero-order valence-corrected chi connectivity index (χ0v) is 10.4. The van der Waals surface area contributed by atoms with Gasteiger partial charge in [0.2, 0.25) is 0 Å². The lowest BCUT2D eigenvalue weighted by molar-refractivity contribution is 0.0320. The summed E-state index contributed by atoms with van der Waals surface area (Å²) in [4.78, 5) is 0. The summed E-state index contributed by atoms with van der Waals surface area (Å²) in [6, 6.07) is 2.57. The SMILES string of the molecule is Cc1cc(C(O)C(O)CBr)c(F)cc1Cl. The van der Waals surface area contributed by atoms with Gasteiger partial charge in [-0.05, 0) is 24.6 Å². The summed E-state index contributed by atoms with van der Waals surface area (Å²) in [6.45, 7) is 1.71. The van der Waals surface area contributed by atoms with Crippen LogP contribution in [0.25, 0.3) is 0 Å². The zero-order valence-electron chi connectivity index (χ0n) is 8.04. The molecule has 2 unspecified atom stereocenters. The summed E-state index contributed by atoms with van der Waals surface area (Å²) in [7, 11) is 0. The summed E-state index contributed by atoms with van der Waals surface area (Å²) in [6.07, 6.45) is -2.29. The number of aliphatic hydroxyl groups is 2. The highest BCUT2D eigenvalue weighted by Gasteiger charge is 2.21. The van der Waals surface area contributed by atoms with Crippen molar-refractivity contribution in [2.75, 3.05) is 5.33 Å². The number of alkyl halides is 1. The number of hydrogen-bond acceptors (Lipinski definition) is 2. The number of aryl methyl sites for hydroxylation is 1. The average molecular weight is 298 g/mol. The van der Waals surface area contributed by atoms with E-state index < -0.39 is 18.0 Å². The van der Waals surface area contributed by atoms with Gasteiger partial charge in [0.25, 0.3) is 0 Å². The van der Waals surface area contributed by atoms with E-state index in [4.69, 9.17) is 11.6 Å². The van der Waals surface area contributed by atoms with E-state index in [0.717, 1.165) is 6.07 Å². The first-order valence-corrected chi connectivity index (χ1v) is 5.85. The third kappa shape index (κ3) is 2.91. The Morgan fingerprint density at radius 1 is 1.47 bits per heavy atom. The molecule has 0 heterocycles. The molecule has 5 heteroatoms. The fourth-order valence-corrected chi connectivity index (χ4v) is 1.70. The van der Waals surface area contributed by atoms with E-state index in [0.29, 0.717) is 10.6 Å². The minimum absolute atomic E-state index is 0.0591. The summed E-state index contributed by atoms with van der Waals surface area (Å²) < 4.78 is 13.4. The van der Waals surface area contributed by atoms with Crippen molar-refractivity contribution in [2.24, 2.45) is 0 Å². The van der Waals surface area contributed by atoms with Crippen LogP contribution >= 0.6 is 27.5 Å². The molecule has 0 radical (unpaired) electrons. The molecule has 0 spiro atoms. The summed E-state index contributed by atoms with van der Waals surface area (Å²) in [5.41, 5.74) is 0.720. The maximum absolute atomic E-state index is 13.4. The van der Waals surface area contributed by atoms with Gasteiger partial charge in [0.05, 0.1) is 6.10 Å². The van der Waals surface area contributed by atoms with Crippen LogP contribution in [-0.2, 0) is 0 Å². The van der Waals surface area contributed by atoms with Crippen LogP contribution in [0.3, 0.4) is 0 Å². The predicted octanol–water partition coefficient (Wildman–Crippen LogP) is 2.58. The number of aliphatic hydroxyl groups excluding tert-OH is 2. The first-order chi connectivity index (χ1) is 6.97. The Bertz CT molecular complexity index is 360. The van der Waals surface area contributed by atoms with Gasteiger partial charge in [-0.25, -0.2) is 4.39 Å². The first-order valence-electron chi connectivity index (χ1n) is 4.35. The van der Waals surface area contributed by atoms with Crippen molar-refractivity contribution in [3.05, 3.63) is 34.1 Å². The van der Waals surface area contributed by atoms with Gasteiger partial charge in [-0.1, -0.05) is 27.5 Å². The lowest BCUT2D eigenvalue weighted by atomic mass is 10.0. The van der Waals surface area contributed by atoms with Crippen LogP contribution in [-0.4, -0.2) is 21.6 Å². The van der Waals surface area contributed by atoms with Crippen molar-refractivity contribution >= 4 is 27.5 Å². The number of benzene rings is 1. The Labute approximate surface area is 101 Å². The minimum Gasteiger partial charge on any atom is -0.389 e. The number of hydrogen-bond donors (Lipinski definition) is 2. The predicted molar refractivity (Wildman–Crippen MR) is 60.9 cm³/mol. The Morgan fingerprint density at radius 3 is 2.60 bits per heavy atom. The summed E-state index contributed by atoms with van der Waals surface area (Å²) >= 11 is 8.72. The third-order valence-electron chi connectivity index (χ3n) is 2.12. The van der Waals surface area contributed by atoms with Gasteiger partial charge in [0.15, 0.2) is 0 Å². The monoisotopic (exact) mass is 296 g/mol. The van der Waals surface area contributed by atoms with Crippen LogP contribution in [0.15, 0.2) is 12.1 Å². The van der Waals surface area contributed by atoms with Crippen LogP contribution in [0.5, 0.6) is 0 Å². The molecule has 2 nitrogen and oxygen atoms in total. The van der Waals surface area contributed by atoms with E-state index in [1.54, 1.807) is 6.92 Å². The second-order valence-corrected chi connectivity index (χ2v) is 4.34. The molecule has 1 aromatic carbocycles. The van der Waals surface area contributed by atoms with E-state index in [1.807, 2.05) is 0 Å². The standard InChI is InChI=1S/C10H11BrClFO2/c1-5-2-6(8(13)3-7(5)12)10(15)9(14)4-11/h2-3,9-10,14-15H,4H2,1H3. The molecule has 2 atom stereocenters. The molecule has 84 valence electrons. The highest BCUT2D eigenvalue weighted by atomic mass is 79.9. The Balaban J connectivity index is 3.09. The highest BCUT2D eigenvalue weighted by molar-refractivity contribution is 9.09. The molecule has 0 aromatic heterocycles. The molecule has 0 aliphatic heterocycles. The van der Waals surface area contributed by atoms with Gasteiger partial charge >= 0.3 is 0 Å². The minimum atomic E-state index is -1.25. The van der Waals surface area contributed by atoms with Crippen molar-refractivity contribution in [1.82, 2.24) is 0 Å². The topological polar surface area (TPSA) is 40.5 Å². The van der Waals surface area contributed by atoms with Crippen LogP contribution in [0.2, 0.25) is 5.02 Å². The second-order valence-electron chi connectivity index (χ2n) is 3.29. The molecule has 15 heavy (non-hydrogen) atoms. The van der Waals surface area contributed by atoms with Crippen molar-refractivity contribution < 1.29 is 14.6 Å². The van der Waals surface area contributed by atoms with E-state index in [-0.39, 0.29) is 10.9 Å². The molecule has 0 aliphatic carbocycles. The molecular formula is C10H11BrClFO2. The molecule has 2 N–H and O–H groups in total. The Kier molecular flexibility index (Phi) is 4.52. The van der Waals surface area contributed by atoms with Gasteiger partial charge in [0, 0.05) is 15.9 Å². The van der Waals surface area contributed by atoms with Gasteiger partial charge in [-0.2, -0.15) is 0 Å². The van der Waals surface area contributed by atoms with Gasteiger partial charge < -0.3 is 10.2 Å². The van der Waals surface area contributed by atoms with E-state index in [9.17, 15) is 14.6 Å². The molecule has 0 saturated carbocycles. The van der Waals surface area contributed by atoms with Crippen molar-refractivity contribution in [1.29, 1.82) is 0 Å². The smallest absolute Gasteiger partial charge is 0.130 e. The van der Waals surface area contributed by atoms with Crippen LogP contribution in [0.1, 0.15) is 17.2 Å². The molecule has 0 amide bonds. The van der Waals surface area contributed by atoms with Crippen LogP contribution in [0, 0.1) is 12.7 Å². The van der Waals surface area contributed by atoms with Crippen LogP contribution in [0.4, 0.5) is 4.39 Å². The third-order valence-corrected chi connectivity index (χ3v) is 3.19. The maximum Gasteiger partial charge on any atom is 0.130 e. The largest absolute Gasteiger partial charge is 0.389 e. The molecular weight excluding hydrogens is 286 g/mol. The van der Waals surface area contributed by atoms with E-state index in [1.165, 1.54) is 6.07 Å². The van der Waals surface area contributed by atoms with Gasteiger partial charge in [-0.3, -0.25) is 0 Å². The maximum atomic E-state index is 13.4. The van der Waals surface area contributed by atoms with Crippen molar-refractivity contribution in [2.45, 2.75) is 19.1 Å². The summed E-state index contributed by atoms with van der Waals surface area (Å²) in [5.74, 6) is -0.613. The highest BCUT2D eigenvalue weighted by Crippen LogP contribution is 2.26. The molecule has 0 aliphatic rings. The van der Waals surface area contributed by atoms with Crippen LogP contribution < -0.4 is 0 Å². The van der Waals surface area contributed by atoms with Crippen molar-refractivity contribution in [3.8, 4) is 0 Å². The summed E-state index contributed by atoms with van der Waals surface area (Å²) in [5, 5.41) is 19.5. The molecule has 0 bridgehead atoms. The number of rotatable bonds is 3. The van der Waals surface area contributed by atoms with E-state index in [2.05, 4.69) is 15.9 Å². The first kappa shape index (κ1) is 12.9. The molecule has 0 fully saturated rings. The lowest BCUT2D eigenvalue weighted by Gasteiger charge is -2.17. The van der Waals surface area contributed by atoms with Crippen molar-refractivity contribution in [3.63, 3.8) is 0 Å².